The number of benzene rings is 2. The Balaban J connectivity index is 1.49. The third-order valence-electron chi connectivity index (χ3n) is 7.14. The standard InChI is InChI=1S/C28H22F3N7O2/c1-37-14-33-36-26(37)17-7-6-15(12-32)8-19(17)16-9-24(34-22-11-23(22)40-2)35-25(10-16)38-13-20-18(27(38)39)4-3-5-21(20)28(29,30)31/h3-10,14,22-23H,11,13H2,1-2H3,(H,34,35)/t22-,23-/m0/s1. The van der Waals surface area contributed by atoms with Crippen LogP contribution in [0, 0.1) is 11.3 Å². The van der Waals surface area contributed by atoms with Crippen LogP contribution in [0.3, 0.4) is 0 Å². The van der Waals surface area contributed by atoms with Gasteiger partial charge in [-0.25, -0.2) is 4.98 Å². The van der Waals surface area contributed by atoms with Gasteiger partial charge in [0.05, 0.1) is 35.9 Å². The second-order valence-electron chi connectivity index (χ2n) is 9.72. The van der Waals surface area contributed by atoms with Crippen molar-refractivity contribution in [3.63, 3.8) is 0 Å². The van der Waals surface area contributed by atoms with Gasteiger partial charge in [-0.1, -0.05) is 6.07 Å². The summed E-state index contributed by atoms with van der Waals surface area (Å²) in [6.07, 6.45) is -2.29. The number of alkyl halides is 3. The van der Waals surface area contributed by atoms with E-state index in [0.29, 0.717) is 33.9 Å². The number of aryl methyl sites for hydroxylation is 1. The average molecular weight is 546 g/mol. The van der Waals surface area contributed by atoms with E-state index in [4.69, 9.17) is 4.74 Å². The average Bonchev–Trinajstić information content (AvgIpc) is 3.41. The molecule has 0 bridgehead atoms. The molecule has 2 aromatic heterocycles. The second-order valence-corrected chi connectivity index (χ2v) is 9.72. The SMILES string of the molecule is CO[C@H]1C[C@@H]1Nc1cc(-c2cc(C#N)ccc2-c2nncn2C)cc(N2Cc3c(cccc3C(F)(F)F)C2=O)n1. The van der Waals surface area contributed by atoms with Crippen LogP contribution >= 0.6 is 0 Å². The molecule has 0 spiro atoms. The summed E-state index contributed by atoms with van der Waals surface area (Å²) < 4.78 is 48.4. The Morgan fingerprint density at radius 2 is 1.95 bits per heavy atom. The number of ether oxygens (including phenoxy) is 1. The summed E-state index contributed by atoms with van der Waals surface area (Å²) in [5, 5.41) is 21.1. The van der Waals surface area contributed by atoms with Gasteiger partial charge in [-0.3, -0.25) is 9.69 Å². The van der Waals surface area contributed by atoms with Crippen molar-refractivity contribution in [1.82, 2.24) is 19.7 Å². The number of rotatable bonds is 6. The Hall–Kier alpha value is -4.76. The fraction of sp³-hybridized carbons (Fsp3) is 0.250. The molecule has 1 N–H and O–H groups in total. The van der Waals surface area contributed by atoms with Gasteiger partial charge in [-0.15, -0.1) is 10.2 Å². The summed E-state index contributed by atoms with van der Waals surface area (Å²) in [5.41, 5.74) is 1.35. The number of carbonyl (C=O) groups excluding carboxylic acids is 1. The molecule has 202 valence electrons. The molecule has 4 aromatic rings. The number of anilines is 2. The Morgan fingerprint density at radius 1 is 1.12 bits per heavy atom. The third-order valence-corrected chi connectivity index (χ3v) is 7.14. The van der Waals surface area contributed by atoms with Crippen LogP contribution in [-0.2, 0) is 24.5 Å². The number of fused-ring (bicyclic) bond motifs is 1. The van der Waals surface area contributed by atoms with E-state index in [2.05, 4.69) is 26.6 Å². The van der Waals surface area contributed by atoms with Crippen LogP contribution in [-0.4, -0.2) is 44.9 Å². The van der Waals surface area contributed by atoms with Gasteiger partial charge in [-0.2, -0.15) is 18.4 Å². The van der Waals surface area contributed by atoms with Gasteiger partial charge in [0.2, 0.25) is 0 Å². The molecule has 12 heteroatoms. The first-order chi connectivity index (χ1) is 19.2. The lowest BCUT2D eigenvalue weighted by Crippen LogP contribution is -2.24. The Bertz CT molecular complexity index is 1690. The molecular formula is C28H22F3N7O2. The number of pyridine rings is 1. The van der Waals surface area contributed by atoms with E-state index in [1.807, 2.05) is 0 Å². The minimum atomic E-state index is -4.60. The monoisotopic (exact) mass is 545 g/mol. The van der Waals surface area contributed by atoms with Crippen molar-refractivity contribution in [2.45, 2.75) is 31.3 Å². The lowest BCUT2D eigenvalue weighted by molar-refractivity contribution is -0.138. The van der Waals surface area contributed by atoms with E-state index >= 15 is 0 Å². The highest BCUT2D eigenvalue weighted by Gasteiger charge is 2.41. The molecule has 1 aliphatic heterocycles. The van der Waals surface area contributed by atoms with Crippen LogP contribution in [0.4, 0.5) is 24.8 Å². The molecule has 0 unspecified atom stereocenters. The number of carbonyl (C=O) groups is 1. The summed E-state index contributed by atoms with van der Waals surface area (Å²) in [6, 6.07) is 14.3. The summed E-state index contributed by atoms with van der Waals surface area (Å²) in [6.45, 7) is -0.280. The topological polar surface area (TPSA) is 109 Å². The molecule has 2 aromatic carbocycles. The van der Waals surface area contributed by atoms with Crippen LogP contribution in [0.1, 0.15) is 33.5 Å². The van der Waals surface area contributed by atoms with Crippen LogP contribution in [0.25, 0.3) is 22.5 Å². The fourth-order valence-corrected chi connectivity index (χ4v) is 5.02. The lowest BCUT2D eigenvalue weighted by atomic mass is 9.97. The van der Waals surface area contributed by atoms with Crippen molar-refractivity contribution in [1.29, 1.82) is 5.26 Å². The first-order valence-electron chi connectivity index (χ1n) is 12.4. The molecule has 0 radical (unpaired) electrons. The first kappa shape index (κ1) is 25.5. The molecule has 9 nitrogen and oxygen atoms in total. The minimum Gasteiger partial charge on any atom is -0.379 e. The van der Waals surface area contributed by atoms with Crippen molar-refractivity contribution in [2.75, 3.05) is 17.3 Å². The molecule has 1 saturated carbocycles. The van der Waals surface area contributed by atoms with Gasteiger partial charge >= 0.3 is 6.18 Å². The number of aromatic nitrogens is 4. The van der Waals surface area contributed by atoms with Crippen molar-refractivity contribution >= 4 is 17.5 Å². The maximum atomic E-state index is 13.7. The molecule has 2 atom stereocenters. The lowest BCUT2D eigenvalue weighted by Gasteiger charge is -2.19. The number of nitrogens with one attached hydrogen (secondary N) is 1. The van der Waals surface area contributed by atoms with Crippen LogP contribution in [0.15, 0.2) is 54.9 Å². The Kier molecular flexibility index (Phi) is 6.03. The van der Waals surface area contributed by atoms with Crippen LogP contribution < -0.4 is 10.2 Å². The van der Waals surface area contributed by atoms with Gasteiger partial charge < -0.3 is 14.6 Å². The number of hydrogen-bond acceptors (Lipinski definition) is 7. The third kappa shape index (κ3) is 4.44. The molecular weight excluding hydrogens is 523 g/mol. The summed E-state index contributed by atoms with van der Waals surface area (Å²) in [4.78, 5) is 19.2. The predicted octanol–water partition coefficient (Wildman–Crippen LogP) is 4.79. The zero-order valence-electron chi connectivity index (χ0n) is 21.4. The summed E-state index contributed by atoms with van der Waals surface area (Å²) in [7, 11) is 3.40. The minimum absolute atomic E-state index is 0.00274. The molecule has 2 aliphatic rings. The number of nitrogens with zero attached hydrogens (tertiary/aromatic N) is 6. The fourth-order valence-electron chi connectivity index (χ4n) is 5.02. The van der Waals surface area contributed by atoms with E-state index in [0.717, 1.165) is 12.5 Å². The second kappa shape index (κ2) is 9.46. The maximum absolute atomic E-state index is 13.7. The molecule has 40 heavy (non-hydrogen) atoms. The zero-order chi connectivity index (χ0) is 28.2. The van der Waals surface area contributed by atoms with E-state index in [9.17, 15) is 23.2 Å². The summed E-state index contributed by atoms with van der Waals surface area (Å²) >= 11 is 0. The molecule has 0 saturated heterocycles. The number of methoxy groups -OCH3 is 1. The van der Waals surface area contributed by atoms with E-state index in [1.165, 1.54) is 17.0 Å². The highest BCUT2D eigenvalue weighted by Crippen LogP contribution is 2.41. The normalized spacial score (nSPS) is 18.0. The van der Waals surface area contributed by atoms with E-state index in [-0.39, 0.29) is 35.6 Å². The largest absolute Gasteiger partial charge is 0.416 e. The van der Waals surface area contributed by atoms with E-state index in [1.54, 1.807) is 55.4 Å². The van der Waals surface area contributed by atoms with Gasteiger partial charge in [-0.05, 0) is 65.6 Å². The van der Waals surface area contributed by atoms with Gasteiger partial charge in [0.1, 0.15) is 18.0 Å². The molecule has 1 aliphatic carbocycles. The van der Waals surface area contributed by atoms with Crippen LogP contribution in [0.5, 0.6) is 0 Å². The molecule has 1 amide bonds. The predicted molar refractivity (Wildman–Crippen MR) is 139 cm³/mol. The highest BCUT2D eigenvalue weighted by atomic mass is 19.4. The van der Waals surface area contributed by atoms with E-state index < -0.39 is 17.6 Å². The number of halogens is 3. The van der Waals surface area contributed by atoms with Crippen molar-refractivity contribution in [2.24, 2.45) is 7.05 Å². The molecule has 6 rings (SSSR count). The Morgan fingerprint density at radius 3 is 2.62 bits per heavy atom. The van der Waals surface area contributed by atoms with Gasteiger partial charge in [0.15, 0.2) is 5.82 Å². The quantitative estimate of drug-likeness (QED) is 0.371. The summed E-state index contributed by atoms with van der Waals surface area (Å²) in [5.74, 6) is 0.573. The zero-order valence-corrected chi connectivity index (χ0v) is 21.4. The van der Waals surface area contributed by atoms with Gasteiger partial charge in [0.25, 0.3) is 5.91 Å². The number of nitriles is 1. The van der Waals surface area contributed by atoms with Crippen LogP contribution in [0.2, 0.25) is 0 Å². The number of amides is 1. The van der Waals surface area contributed by atoms with Crippen molar-refractivity contribution < 1.29 is 22.7 Å². The van der Waals surface area contributed by atoms with Crippen molar-refractivity contribution in [3.05, 3.63) is 77.1 Å². The van der Waals surface area contributed by atoms with Crippen molar-refractivity contribution in [3.8, 4) is 28.6 Å². The maximum Gasteiger partial charge on any atom is 0.416 e. The first-order valence-corrected chi connectivity index (χ1v) is 12.4. The Labute approximate surface area is 226 Å². The smallest absolute Gasteiger partial charge is 0.379 e. The molecule has 3 heterocycles. The highest BCUT2D eigenvalue weighted by molar-refractivity contribution is 6.10. The number of hydrogen-bond donors (Lipinski definition) is 1. The van der Waals surface area contributed by atoms with Gasteiger partial charge in [0, 0.05) is 25.3 Å². The molecule has 1 fully saturated rings.